The van der Waals surface area contributed by atoms with E-state index in [0.29, 0.717) is 0 Å². The monoisotopic (exact) mass is 257 g/mol. The lowest BCUT2D eigenvalue weighted by atomic mass is 10.1. The van der Waals surface area contributed by atoms with Gasteiger partial charge in [-0.3, -0.25) is 10.8 Å². The molecule has 0 bridgehead atoms. The molecule has 1 aromatic carbocycles. The molecule has 1 aromatic rings. The van der Waals surface area contributed by atoms with Crippen LogP contribution in [0.1, 0.15) is 5.56 Å². The van der Waals surface area contributed by atoms with E-state index < -0.39 is 0 Å². The first-order valence-corrected chi connectivity index (χ1v) is 5.86. The van der Waals surface area contributed by atoms with Crippen LogP contribution in [0.25, 0.3) is 0 Å². The maximum Gasteiger partial charge on any atom is 0.201 e. The molecule has 6 N–H and O–H groups in total. The largest absolute Gasteiger partial charge is 0.383 e. The second kappa shape index (κ2) is 5.84. The summed E-state index contributed by atoms with van der Waals surface area (Å²) in [4.78, 5) is 0. The van der Waals surface area contributed by atoms with Crippen molar-refractivity contribution >= 4 is 22.9 Å². The first-order valence-electron chi connectivity index (χ1n) is 5.86. The van der Waals surface area contributed by atoms with Crippen molar-refractivity contribution in [2.75, 3.05) is 23.8 Å². The average molecular weight is 257 g/mol. The Hall–Kier alpha value is -2.59. The molecule has 0 saturated heterocycles. The van der Waals surface area contributed by atoms with E-state index in [4.69, 9.17) is 16.4 Å². The fourth-order valence-electron chi connectivity index (χ4n) is 1.74. The molecule has 1 heterocycles. The molecule has 7 heteroatoms. The van der Waals surface area contributed by atoms with Gasteiger partial charge in [-0.25, -0.2) is 0 Å². The number of fused-ring (bicyclic) bond motifs is 1. The number of hydrogen-bond donors (Lipinski definition) is 5. The third kappa shape index (κ3) is 3.20. The summed E-state index contributed by atoms with van der Waals surface area (Å²) in [6.45, 7) is 2.60. The molecule has 2 rings (SSSR count). The summed E-state index contributed by atoms with van der Waals surface area (Å²) in [6.07, 6.45) is 0. The Morgan fingerprint density at radius 3 is 3.05 bits per heavy atom. The molecule has 1 aliphatic heterocycles. The highest BCUT2D eigenvalue weighted by Crippen LogP contribution is 2.22. The third-order valence-electron chi connectivity index (χ3n) is 2.70. The second-order valence-corrected chi connectivity index (χ2v) is 4.07. The lowest BCUT2D eigenvalue weighted by molar-refractivity contribution is 0.725. The maximum absolute atomic E-state index is 8.74. The number of nitrogens with two attached hydrogens (primary N) is 1. The van der Waals surface area contributed by atoms with Gasteiger partial charge in [-0.05, 0) is 17.7 Å². The zero-order valence-corrected chi connectivity index (χ0v) is 10.3. The molecule has 19 heavy (non-hydrogen) atoms. The zero-order valence-electron chi connectivity index (χ0n) is 10.3. The van der Waals surface area contributed by atoms with Crippen LogP contribution in [0.15, 0.2) is 23.3 Å². The molecule has 0 saturated carbocycles. The third-order valence-corrected chi connectivity index (χ3v) is 2.70. The lowest BCUT2D eigenvalue weighted by Crippen LogP contribution is -2.21. The van der Waals surface area contributed by atoms with Gasteiger partial charge in [0.05, 0.1) is 5.69 Å². The van der Waals surface area contributed by atoms with Crippen molar-refractivity contribution in [3.63, 3.8) is 0 Å². The molecule has 1 aliphatic rings. The highest BCUT2D eigenvalue weighted by atomic mass is 15.3. The Kier molecular flexibility index (Phi) is 3.95. The molecular weight excluding hydrogens is 242 g/mol. The van der Waals surface area contributed by atoms with Gasteiger partial charge in [0, 0.05) is 25.3 Å². The van der Waals surface area contributed by atoms with Crippen molar-refractivity contribution in [1.82, 2.24) is 5.32 Å². The fraction of sp³-hybridized carbons (Fsp3) is 0.250. The minimum Gasteiger partial charge on any atom is -0.383 e. The quantitative estimate of drug-likeness (QED) is 0.305. The van der Waals surface area contributed by atoms with E-state index in [1.807, 2.05) is 18.2 Å². The minimum atomic E-state index is -0.355. The molecule has 0 unspecified atom stereocenters. The van der Waals surface area contributed by atoms with E-state index in [9.17, 15) is 0 Å². The first-order chi connectivity index (χ1) is 9.20. The van der Waals surface area contributed by atoms with Gasteiger partial charge in [0.1, 0.15) is 6.07 Å². The molecule has 0 spiro atoms. The van der Waals surface area contributed by atoms with Crippen molar-refractivity contribution in [2.45, 2.75) is 6.54 Å². The van der Waals surface area contributed by atoms with E-state index in [-0.39, 0.29) is 11.5 Å². The summed E-state index contributed by atoms with van der Waals surface area (Å²) in [5.74, 6) is -0.355. The van der Waals surface area contributed by atoms with Gasteiger partial charge in [-0.15, -0.1) is 0 Å². The van der Waals surface area contributed by atoms with Crippen LogP contribution in [0.5, 0.6) is 0 Å². The molecule has 0 aliphatic carbocycles. The number of nitrogens with zero attached hydrogens (tertiary/aromatic N) is 2. The van der Waals surface area contributed by atoms with Crippen LogP contribution in [0.3, 0.4) is 0 Å². The van der Waals surface area contributed by atoms with Gasteiger partial charge in [-0.2, -0.15) is 10.4 Å². The lowest BCUT2D eigenvalue weighted by Gasteiger charge is -2.09. The van der Waals surface area contributed by atoms with Crippen LogP contribution in [-0.4, -0.2) is 24.6 Å². The Morgan fingerprint density at radius 1 is 1.47 bits per heavy atom. The number of hydrogen-bond acceptors (Lipinski definition) is 6. The van der Waals surface area contributed by atoms with E-state index in [0.717, 1.165) is 31.0 Å². The normalized spacial score (nSPS) is 14.6. The molecule has 98 valence electrons. The SMILES string of the molecule is N#C/C(=N\Nc1ccc2c(c1)NCCNC2)C(=N)N. The van der Waals surface area contributed by atoms with E-state index in [1.165, 1.54) is 5.56 Å². The second-order valence-electron chi connectivity index (χ2n) is 4.07. The summed E-state index contributed by atoms with van der Waals surface area (Å²) in [5, 5.41) is 26.3. The number of benzene rings is 1. The summed E-state index contributed by atoms with van der Waals surface area (Å²) in [5.41, 5.74) is 10.8. The van der Waals surface area contributed by atoms with Crippen LogP contribution in [0.2, 0.25) is 0 Å². The van der Waals surface area contributed by atoms with Crippen molar-refractivity contribution in [2.24, 2.45) is 10.8 Å². The Balaban J connectivity index is 2.16. The van der Waals surface area contributed by atoms with Crippen LogP contribution in [0, 0.1) is 16.7 Å². The minimum absolute atomic E-state index is 0.135. The molecule has 0 amide bonds. The first kappa shape index (κ1) is 12.9. The fourth-order valence-corrected chi connectivity index (χ4v) is 1.74. The average Bonchev–Trinajstić information content (AvgIpc) is 2.63. The summed E-state index contributed by atoms with van der Waals surface area (Å²) in [6, 6.07) is 7.53. The zero-order chi connectivity index (χ0) is 13.7. The maximum atomic E-state index is 8.74. The molecule has 0 fully saturated rings. The summed E-state index contributed by atoms with van der Waals surface area (Å²) >= 11 is 0. The number of anilines is 2. The topological polar surface area (TPSA) is 122 Å². The van der Waals surface area contributed by atoms with Gasteiger partial charge in [0.25, 0.3) is 0 Å². The predicted molar refractivity (Wildman–Crippen MR) is 75.2 cm³/mol. The van der Waals surface area contributed by atoms with Crippen LogP contribution >= 0.6 is 0 Å². The number of nitriles is 1. The van der Waals surface area contributed by atoms with Crippen LogP contribution < -0.4 is 21.8 Å². The molecule has 0 atom stereocenters. The van der Waals surface area contributed by atoms with Crippen molar-refractivity contribution in [1.29, 1.82) is 10.7 Å². The number of hydrazone groups is 1. The van der Waals surface area contributed by atoms with Crippen molar-refractivity contribution in [3.8, 4) is 6.07 Å². The van der Waals surface area contributed by atoms with E-state index >= 15 is 0 Å². The smallest absolute Gasteiger partial charge is 0.201 e. The number of nitrogens with one attached hydrogen (secondary N) is 4. The van der Waals surface area contributed by atoms with Gasteiger partial charge in [-0.1, -0.05) is 6.07 Å². The Labute approximate surface area is 111 Å². The number of rotatable bonds is 3. The Bertz CT molecular complexity index is 556. The highest BCUT2D eigenvalue weighted by Gasteiger charge is 2.07. The van der Waals surface area contributed by atoms with Gasteiger partial charge in [0.15, 0.2) is 5.84 Å². The van der Waals surface area contributed by atoms with Crippen molar-refractivity contribution < 1.29 is 0 Å². The molecular formula is C12H15N7. The molecule has 7 nitrogen and oxygen atoms in total. The van der Waals surface area contributed by atoms with Gasteiger partial charge >= 0.3 is 0 Å². The highest BCUT2D eigenvalue weighted by molar-refractivity contribution is 6.45. The predicted octanol–water partition coefficient (Wildman–Crippen LogP) is 0.429. The van der Waals surface area contributed by atoms with Crippen molar-refractivity contribution in [3.05, 3.63) is 23.8 Å². The number of amidine groups is 1. The van der Waals surface area contributed by atoms with E-state index in [2.05, 4.69) is 21.2 Å². The molecule has 0 radical (unpaired) electrons. The summed E-state index contributed by atoms with van der Waals surface area (Å²) < 4.78 is 0. The standard InChI is InChI=1S/C12H15N7/c13-6-11(12(14)15)19-18-9-2-1-8-7-16-3-4-17-10(8)5-9/h1-2,5,16-18H,3-4,7H2,(H3,14,15)/b19-11+. The Morgan fingerprint density at radius 2 is 2.32 bits per heavy atom. The van der Waals surface area contributed by atoms with Crippen LogP contribution in [-0.2, 0) is 6.54 Å². The van der Waals surface area contributed by atoms with Gasteiger partial charge in [0.2, 0.25) is 5.71 Å². The van der Waals surface area contributed by atoms with Gasteiger partial charge < -0.3 is 16.4 Å². The molecule has 0 aromatic heterocycles. The van der Waals surface area contributed by atoms with Crippen LogP contribution in [0.4, 0.5) is 11.4 Å². The summed E-state index contributed by atoms with van der Waals surface area (Å²) in [7, 11) is 0. The van der Waals surface area contributed by atoms with E-state index in [1.54, 1.807) is 6.07 Å².